The van der Waals surface area contributed by atoms with Gasteiger partial charge in [-0.25, -0.2) is 0 Å². The highest BCUT2D eigenvalue weighted by Gasteiger charge is 2.50. The molecule has 1 rings (SSSR count). The van der Waals surface area contributed by atoms with Gasteiger partial charge in [-0.2, -0.15) is 0 Å². The topological polar surface area (TPSA) is 86.3 Å². The molecule has 15 heavy (non-hydrogen) atoms. The van der Waals surface area contributed by atoms with E-state index in [2.05, 4.69) is 0 Å². The normalized spacial score (nSPS) is 30.5. The summed E-state index contributed by atoms with van der Waals surface area (Å²) in [6, 6.07) is 0. The van der Waals surface area contributed by atoms with E-state index in [9.17, 15) is 20.2 Å². The number of rotatable bonds is 2. The first-order valence-electron chi connectivity index (χ1n) is 3.51. The third kappa shape index (κ3) is 2.06. The van der Waals surface area contributed by atoms with Gasteiger partial charge in [0.25, 0.3) is 5.70 Å². The fourth-order valence-corrected chi connectivity index (χ4v) is 1.76. The molecule has 0 heterocycles. The summed E-state index contributed by atoms with van der Waals surface area (Å²) in [6.45, 7) is 0. The van der Waals surface area contributed by atoms with E-state index in [4.69, 9.17) is 34.8 Å². The predicted octanol–water partition coefficient (Wildman–Crippen LogP) is 2.10. The van der Waals surface area contributed by atoms with Crippen molar-refractivity contribution in [3.8, 4) is 0 Å². The SMILES string of the molecule is O=[N+]([O-])C1=CC(Cl)C(Cl)([N+](=O)[O-])C=C1Cl. The lowest BCUT2D eigenvalue weighted by Crippen LogP contribution is -2.41. The van der Waals surface area contributed by atoms with Crippen LogP contribution >= 0.6 is 34.8 Å². The number of alkyl halides is 2. The minimum Gasteiger partial charge on any atom is -0.262 e. The number of nitro groups is 2. The van der Waals surface area contributed by atoms with E-state index in [0.29, 0.717) is 0 Å². The molecular weight excluding hydrogens is 270 g/mol. The van der Waals surface area contributed by atoms with Crippen molar-refractivity contribution >= 4 is 34.8 Å². The van der Waals surface area contributed by atoms with Crippen molar-refractivity contribution in [3.63, 3.8) is 0 Å². The van der Waals surface area contributed by atoms with Gasteiger partial charge in [0, 0.05) is 17.1 Å². The minimum atomic E-state index is -2.14. The van der Waals surface area contributed by atoms with Crippen molar-refractivity contribution in [3.05, 3.63) is 43.1 Å². The number of hydrogen-bond donors (Lipinski definition) is 0. The van der Waals surface area contributed by atoms with Gasteiger partial charge in [-0.1, -0.05) is 11.6 Å². The molecule has 0 aromatic carbocycles. The largest absolute Gasteiger partial charge is 0.335 e. The van der Waals surface area contributed by atoms with Gasteiger partial charge >= 0.3 is 5.00 Å². The summed E-state index contributed by atoms with van der Waals surface area (Å²) in [5.41, 5.74) is -0.491. The highest BCUT2D eigenvalue weighted by atomic mass is 35.5. The van der Waals surface area contributed by atoms with Gasteiger partial charge < -0.3 is 0 Å². The molecule has 0 amide bonds. The lowest BCUT2D eigenvalue weighted by atomic mass is 10.1. The quantitative estimate of drug-likeness (QED) is 0.334. The summed E-state index contributed by atoms with van der Waals surface area (Å²) in [6.07, 6.45) is 1.60. The smallest absolute Gasteiger partial charge is 0.262 e. The number of allylic oxidation sites excluding steroid dienone is 1. The lowest BCUT2D eigenvalue weighted by Gasteiger charge is -2.20. The van der Waals surface area contributed by atoms with Crippen LogP contribution in [0.25, 0.3) is 0 Å². The van der Waals surface area contributed by atoms with Gasteiger partial charge in [0.15, 0.2) is 0 Å². The molecule has 0 bridgehead atoms. The Balaban J connectivity index is 3.19. The summed E-state index contributed by atoms with van der Waals surface area (Å²) in [4.78, 5) is 17.2. The second-order valence-electron chi connectivity index (χ2n) is 2.69. The predicted molar refractivity (Wildman–Crippen MR) is 54.2 cm³/mol. The number of hydrogen-bond acceptors (Lipinski definition) is 4. The van der Waals surface area contributed by atoms with Crippen LogP contribution in [0.1, 0.15) is 0 Å². The summed E-state index contributed by atoms with van der Waals surface area (Å²) in [7, 11) is 0. The van der Waals surface area contributed by atoms with Crippen LogP contribution in [0.2, 0.25) is 0 Å². The van der Waals surface area contributed by atoms with E-state index in [1.807, 2.05) is 0 Å². The zero-order valence-electron chi connectivity index (χ0n) is 6.89. The molecule has 0 saturated heterocycles. The fourth-order valence-electron chi connectivity index (χ4n) is 0.968. The maximum Gasteiger partial charge on any atom is 0.335 e. The van der Waals surface area contributed by atoms with Crippen molar-refractivity contribution in [2.45, 2.75) is 10.4 Å². The van der Waals surface area contributed by atoms with Crippen molar-refractivity contribution < 1.29 is 9.85 Å². The molecule has 0 aromatic heterocycles. The van der Waals surface area contributed by atoms with E-state index in [1.165, 1.54) is 0 Å². The zero-order chi connectivity index (χ0) is 11.8. The summed E-state index contributed by atoms with van der Waals surface area (Å²) < 4.78 is 0. The van der Waals surface area contributed by atoms with E-state index in [-0.39, 0.29) is 0 Å². The Labute approximate surface area is 98.4 Å². The van der Waals surface area contributed by atoms with Crippen LogP contribution in [0.15, 0.2) is 22.9 Å². The van der Waals surface area contributed by atoms with Gasteiger partial charge in [-0.05, 0) is 11.6 Å². The van der Waals surface area contributed by atoms with Gasteiger partial charge in [0.2, 0.25) is 0 Å². The Kier molecular flexibility index (Phi) is 3.22. The van der Waals surface area contributed by atoms with Crippen molar-refractivity contribution in [2.24, 2.45) is 0 Å². The van der Waals surface area contributed by atoms with E-state index >= 15 is 0 Å². The average molecular weight is 273 g/mol. The van der Waals surface area contributed by atoms with E-state index in [1.54, 1.807) is 0 Å². The first-order chi connectivity index (χ1) is 6.79. The van der Waals surface area contributed by atoms with Gasteiger partial charge in [0.1, 0.15) is 10.4 Å². The maximum atomic E-state index is 10.6. The third-order valence-electron chi connectivity index (χ3n) is 1.74. The van der Waals surface area contributed by atoms with Gasteiger partial charge in [-0.15, -0.1) is 11.6 Å². The van der Waals surface area contributed by atoms with Gasteiger partial charge in [0.05, 0.1) is 4.92 Å². The zero-order valence-corrected chi connectivity index (χ0v) is 9.16. The van der Waals surface area contributed by atoms with Crippen LogP contribution in [-0.4, -0.2) is 20.2 Å². The molecule has 0 aromatic rings. The molecule has 0 spiro atoms. The maximum absolute atomic E-state index is 10.6. The average Bonchev–Trinajstić information content (AvgIpc) is 2.10. The first kappa shape index (κ1) is 12.2. The van der Waals surface area contributed by atoms with Crippen LogP contribution in [0.3, 0.4) is 0 Å². The Hall–Kier alpha value is -0.850. The highest BCUT2D eigenvalue weighted by Crippen LogP contribution is 2.37. The minimum absolute atomic E-state index is 0.399. The molecule has 1 aliphatic carbocycles. The van der Waals surface area contributed by atoms with Gasteiger partial charge in [-0.3, -0.25) is 20.2 Å². The second-order valence-corrected chi connectivity index (χ2v) is 4.17. The van der Waals surface area contributed by atoms with Crippen molar-refractivity contribution in [1.29, 1.82) is 0 Å². The first-order valence-corrected chi connectivity index (χ1v) is 4.70. The molecular formula is C6H3Cl3N2O4. The number of nitrogens with zero attached hydrogens (tertiary/aromatic N) is 2. The van der Waals surface area contributed by atoms with Crippen molar-refractivity contribution in [1.82, 2.24) is 0 Å². The summed E-state index contributed by atoms with van der Waals surface area (Å²) in [5, 5.41) is 19.3. The Morgan fingerprint density at radius 1 is 1.40 bits per heavy atom. The molecule has 0 saturated carbocycles. The monoisotopic (exact) mass is 272 g/mol. The summed E-state index contributed by atoms with van der Waals surface area (Å²) in [5.74, 6) is 0. The summed E-state index contributed by atoms with van der Waals surface area (Å²) >= 11 is 16.6. The number of halogens is 3. The van der Waals surface area contributed by atoms with E-state index < -0.39 is 31.0 Å². The molecule has 0 radical (unpaired) electrons. The Bertz CT molecular complexity index is 394. The van der Waals surface area contributed by atoms with Crippen molar-refractivity contribution in [2.75, 3.05) is 0 Å². The molecule has 1 aliphatic rings. The van der Waals surface area contributed by atoms with Crippen LogP contribution in [0.5, 0.6) is 0 Å². The molecule has 0 N–H and O–H groups in total. The molecule has 2 atom stereocenters. The molecule has 2 unspecified atom stereocenters. The fraction of sp³-hybridized carbons (Fsp3) is 0.333. The molecule has 82 valence electrons. The Morgan fingerprint density at radius 3 is 2.33 bits per heavy atom. The molecule has 6 nitrogen and oxygen atoms in total. The van der Waals surface area contributed by atoms with Crippen LogP contribution in [0, 0.1) is 20.2 Å². The van der Waals surface area contributed by atoms with E-state index in [0.717, 1.165) is 12.2 Å². The van der Waals surface area contributed by atoms with Crippen LogP contribution in [-0.2, 0) is 0 Å². The second kappa shape index (κ2) is 3.96. The lowest BCUT2D eigenvalue weighted by molar-refractivity contribution is -0.527. The van der Waals surface area contributed by atoms with Crippen LogP contribution in [0.4, 0.5) is 0 Å². The van der Waals surface area contributed by atoms with Crippen LogP contribution < -0.4 is 0 Å². The third-order valence-corrected chi connectivity index (χ3v) is 3.10. The molecule has 9 heteroatoms. The molecule has 0 aliphatic heterocycles. The standard InChI is InChI=1S/C6H3Cl3N2O4/c7-3-2-6(9,11(14)15)5(8)1-4(3)10(12)13/h1-2,5H. The Morgan fingerprint density at radius 2 is 1.93 bits per heavy atom. The highest BCUT2D eigenvalue weighted by molar-refractivity contribution is 6.37. The molecule has 0 fully saturated rings.